The van der Waals surface area contributed by atoms with Gasteiger partial charge in [-0.1, -0.05) is 32.0 Å². The lowest BCUT2D eigenvalue weighted by molar-refractivity contribution is -0.125. The number of carbonyl (C=O) groups is 1. The minimum Gasteiger partial charge on any atom is -0.369 e. The van der Waals surface area contributed by atoms with Crippen LogP contribution in [0, 0.1) is 5.41 Å². The first-order chi connectivity index (χ1) is 12.9. The topological polar surface area (TPSA) is 113 Å². The van der Waals surface area contributed by atoms with Crippen LogP contribution in [0.25, 0.3) is 33.5 Å². The van der Waals surface area contributed by atoms with Gasteiger partial charge in [-0.25, -0.2) is 4.98 Å². The number of nitrogens with two attached hydrogens (primary N) is 1. The zero-order valence-corrected chi connectivity index (χ0v) is 15.2. The van der Waals surface area contributed by atoms with Crippen molar-refractivity contribution in [1.82, 2.24) is 25.4 Å². The van der Waals surface area contributed by atoms with Gasteiger partial charge in [-0.3, -0.25) is 15.0 Å². The van der Waals surface area contributed by atoms with Crippen molar-refractivity contribution in [1.29, 1.82) is 0 Å². The number of nitrogens with one attached hydrogen (secondary N) is 2. The average Bonchev–Trinajstić information content (AvgIpc) is 3.31. The van der Waals surface area contributed by atoms with E-state index in [1.807, 2.05) is 50.2 Å². The zero-order valence-electron chi connectivity index (χ0n) is 15.2. The number of hydrogen-bond acceptors (Lipinski definition) is 4. The van der Waals surface area contributed by atoms with Gasteiger partial charge in [0.15, 0.2) is 5.82 Å². The third-order valence-electron chi connectivity index (χ3n) is 4.76. The third kappa shape index (κ3) is 3.19. The van der Waals surface area contributed by atoms with E-state index in [1.165, 1.54) is 6.33 Å². The van der Waals surface area contributed by atoms with Gasteiger partial charge in [-0.05, 0) is 36.2 Å². The van der Waals surface area contributed by atoms with Crippen molar-refractivity contribution in [3.05, 3.63) is 54.4 Å². The van der Waals surface area contributed by atoms with Gasteiger partial charge in [-0.15, -0.1) is 0 Å². The first-order valence-electron chi connectivity index (χ1n) is 8.67. The maximum absolute atomic E-state index is 11.7. The first-order valence-corrected chi connectivity index (χ1v) is 8.67. The molecule has 0 unspecified atom stereocenters. The largest absolute Gasteiger partial charge is 0.369 e. The van der Waals surface area contributed by atoms with Crippen LogP contribution < -0.4 is 5.73 Å². The standard InChI is InChI=1S/C20H20N6O/c1-20(2,19(21)27)10-12-4-3-5-13(8-12)17-15-9-14(18-22-11-23-26-18)6-7-16(15)24-25-17/h3-9,11H,10H2,1-2H3,(H2,21,27)(H,24,25)(H,22,23,26). The molecule has 4 N–H and O–H groups in total. The number of carbonyl (C=O) groups excluding carboxylic acids is 1. The minimum absolute atomic E-state index is 0.310. The van der Waals surface area contributed by atoms with E-state index in [-0.39, 0.29) is 5.91 Å². The molecular formula is C20H20N6O. The summed E-state index contributed by atoms with van der Waals surface area (Å²) in [5.41, 5.74) is 9.66. The number of rotatable bonds is 5. The Bertz CT molecular complexity index is 1110. The molecule has 4 rings (SSSR count). The summed E-state index contributed by atoms with van der Waals surface area (Å²) in [4.78, 5) is 15.9. The first kappa shape index (κ1) is 17.0. The van der Waals surface area contributed by atoms with Gasteiger partial charge in [0, 0.05) is 21.9 Å². The Morgan fingerprint density at radius 1 is 1.11 bits per heavy atom. The maximum Gasteiger partial charge on any atom is 0.223 e. The molecule has 2 aromatic heterocycles. The number of fused-ring (bicyclic) bond motifs is 1. The summed E-state index contributed by atoms with van der Waals surface area (Å²) >= 11 is 0. The van der Waals surface area contributed by atoms with Gasteiger partial charge < -0.3 is 5.73 Å². The van der Waals surface area contributed by atoms with Crippen LogP contribution in [0.1, 0.15) is 19.4 Å². The predicted molar refractivity (Wildman–Crippen MR) is 104 cm³/mol. The van der Waals surface area contributed by atoms with Crippen molar-refractivity contribution >= 4 is 16.8 Å². The molecule has 0 radical (unpaired) electrons. The van der Waals surface area contributed by atoms with Gasteiger partial charge in [0.25, 0.3) is 0 Å². The molecule has 136 valence electrons. The van der Waals surface area contributed by atoms with Crippen molar-refractivity contribution < 1.29 is 4.79 Å². The van der Waals surface area contributed by atoms with Crippen LogP contribution in [0.15, 0.2) is 48.8 Å². The van der Waals surface area contributed by atoms with Gasteiger partial charge >= 0.3 is 0 Å². The van der Waals surface area contributed by atoms with E-state index in [2.05, 4.69) is 31.4 Å². The molecular weight excluding hydrogens is 340 g/mol. The minimum atomic E-state index is -0.605. The Balaban J connectivity index is 1.75. The van der Waals surface area contributed by atoms with Gasteiger partial charge in [-0.2, -0.15) is 10.2 Å². The molecule has 1 amide bonds. The van der Waals surface area contributed by atoms with E-state index in [4.69, 9.17) is 5.73 Å². The number of aromatic nitrogens is 5. The number of amides is 1. The smallest absolute Gasteiger partial charge is 0.223 e. The lowest BCUT2D eigenvalue weighted by Crippen LogP contribution is -2.33. The fraction of sp³-hybridized carbons (Fsp3) is 0.200. The highest BCUT2D eigenvalue weighted by Gasteiger charge is 2.25. The summed E-state index contributed by atoms with van der Waals surface area (Å²) in [5.74, 6) is 0.399. The molecule has 0 fully saturated rings. The van der Waals surface area contributed by atoms with Crippen LogP contribution in [0.3, 0.4) is 0 Å². The second-order valence-electron chi connectivity index (χ2n) is 7.29. The lowest BCUT2D eigenvalue weighted by Gasteiger charge is -2.20. The van der Waals surface area contributed by atoms with E-state index in [1.54, 1.807) is 0 Å². The summed E-state index contributed by atoms with van der Waals surface area (Å²) < 4.78 is 0. The number of benzene rings is 2. The molecule has 7 nitrogen and oxygen atoms in total. The Morgan fingerprint density at radius 3 is 2.70 bits per heavy atom. The Morgan fingerprint density at radius 2 is 1.96 bits per heavy atom. The van der Waals surface area contributed by atoms with Crippen LogP contribution in [-0.4, -0.2) is 31.3 Å². The molecule has 0 spiro atoms. The van der Waals surface area contributed by atoms with Crippen molar-refractivity contribution in [2.24, 2.45) is 11.1 Å². The molecule has 27 heavy (non-hydrogen) atoms. The summed E-state index contributed by atoms with van der Waals surface area (Å²) in [7, 11) is 0. The number of aromatic amines is 2. The fourth-order valence-electron chi connectivity index (χ4n) is 3.15. The molecule has 0 saturated carbocycles. The molecule has 0 atom stereocenters. The third-order valence-corrected chi connectivity index (χ3v) is 4.76. The van der Waals surface area contributed by atoms with E-state index in [0.29, 0.717) is 12.2 Å². The highest BCUT2D eigenvalue weighted by molar-refractivity contribution is 5.95. The van der Waals surface area contributed by atoms with E-state index in [9.17, 15) is 4.79 Å². The average molecular weight is 360 g/mol. The normalized spacial score (nSPS) is 11.8. The van der Waals surface area contributed by atoms with Crippen molar-refractivity contribution in [2.45, 2.75) is 20.3 Å². The molecule has 4 aromatic rings. The summed E-state index contributed by atoms with van der Waals surface area (Å²) in [5, 5.41) is 15.4. The number of hydrogen-bond donors (Lipinski definition) is 3. The zero-order chi connectivity index (χ0) is 19.0. The number of nitrogens with zero attached hydrogens (tertiary/aromatic N) is 3. The van der Waals surface area contributed by atoms with Crippen LogP contribution in [0.5, 0.6) is 0 Å². The van der Waals surface area contributed by atoms with Crippen molar-refractivity contribution in [3.63, 3.8) is 0 Å². The Hall–Kier alpha value is -3.48. The Kier molecular flexibility index (Phi) is 3.99. The predicted octanol–water partition coefficient (Wildman–Crippen LogP) is 3.07. The number of primary amides is 1. The molecule has 0 bridgehead atoms. The van der Waals surface area contributed by atoms with Gasteiger partial charge in [0.05, 0.1) is 11.2 Å². The van der Waals surface area contributed by atoms with E-state index in [0.717, 1.165) is 33.3 Å². The highest BCUT2D eigenvalue weighted by Crippen LogP contribution is 2.31. The molecule has 2 aromatic carbocycles. The monoisotopic (exact) mass is 360 g/mol. The molecule has 0 aliphatic heterocycles. The molecule has 2 heterocycles. The summed E-state index contributed by atoms with van der Waals surface area (Å²) in [6.45, 7) is 3.71. The second-order valence-corrected chi connectivity index (χ2v) is 7.29. The fourth-order valence-corrected chi connectivity index (χ4v) is 3.15. The van der Waals surface area contributed by atoms with Crippen LogP contribution in [-0.2, 0) is 11.2 Å². The van der Waals surface area contributed by atoms with Crippen LogP contribution in [0.2, 0.25) is 0 Å². The molecule has 7 heteroatoms. The molecule has 0 saturated heterocycles. The molecule has 0 aliphatic rings. The van der Waals surface area contributed by atoms with E-state index >= 15 is 0 Å². The quantitative estimate of drug-likeness (QED) is 0.507. The summed E-state index contributed by atoms with van der Waals surface area (Å²) in [6.07, 6.45) is 2.06. The van der Waals surface area contributed by atoms with E-state index < -0.39 is 5.41 Å². The van der Waals surface area contributed by atoms with Gasteiger partial charge in [0.2, 0.25) is 5.91 Å². The SMILES string of the molecule is CC(C)(Cc1cccc(-c2n[nH]c3ccc(-c4ncn[nH]4)cc23)c1)C(N)=O. The van der Waals surface area contributed by atoms with Crippen LogP contribution in [0.4, 0.5) is 0 Å². The second kappa shape index (κ2) is 6.35. The summed E-state index contributed by atoms with van der Waals surface area (Å²) in [6, 6.07) is 14.0. The number of H-pyrrole nitrogens is 2. The van der Waals surface area contributed by atoms with Gasteiger partial charge in [0.1, 0.15) is 6.33 Å². The highest BCUT2D eigenvalue weighted by atomic mass is 16.1. The van der Waals surface area contributed by atoms with Crippen molar-refractivity contribution in [2.75, 3.05) is 0 Å². The van der Waals surface area contributed by atoms with Crippen molar-refractivity contribution in [3.8, 4) is 22.6 Å². The van der Waals surface area contributed by atoms with Crippen LogP contribution >= 0.6 is 0 Å². The Labute approximate surface area is 156 Å². The molecule has 0 aliphatic carbocycles. The lowest BCUT2D eigenvalue weighted by atomic mass is 9.84. The maximum atomic E-state index is 11.7.